The largest absolute Gasteiger partial charge is 0.466 e. The highest BCUT2D eigenvalue weighted by Gasteiger charge is 2.13. The molecule has 0 aromatic rings. The molecule has 0 heterocycles. The zero-order valence-corrected chi connectivity index (χ0v) is 12.4. The second-order valence-electron chi connectivity index (χ2n) is 4.45. The van der Waals surface area contributed by atoms with E-state index in [1.807, 2.05) is 13.8 Å². The van der Waals surface area contributed by atoms with Crippen molar-refractivity contribution in [1.29, 1.82) is 0 Å². The number of hydrogen-bond donors (Lipinski definition) is 0. The molecule has 0 saturated carbocycles. The summed E-state index contributed by atoms with van der Waals surface area (Å²) in [6.45, 7) is 7.43. The van der Waals surface area contributed by atoms with Gasteiger partial charge in [0.1, 0.15) is 0 Å². The van der Waals surface area contributed by atoms with Crippen molar-refractivity contribution in [3.05, 3.63) is 11.6 Å². The van der Waals surface area contributed by atoms with Gasteiger partial charge in [0.05, 0.1) is 13.0 Å². The molecule has 0 unspecified atom stereocenters. The van der Waals surface area contributed by atoms with E-state index in [1.54, 1.807) is 25.0 Å². The lowest BCUT2D eigenvalue weighted by atomic mass is 10.2. The van der Waals surface area contributed by atoms with Gasteiger partial charge in [0, 0.05) is 32.9 Å². The van der Waals surface area contributed by atoms with Gasteiger partial charge < -0.3 is 14.4 Å². The predicted molar refractivity (Wildman–Crippen MR) is 73.8 cm³/mol. The van der Waals surface area contributed by atoms with Crippen molar-refractivity contribution in [3.8, 4) is 0 Å². The summed E-state index contributed by atoms with van der Waals surface area (Å²) in [7, 11) is 1.63. The zero-order chi connectivity index (χ0) is 14.7. The molecule has 5 nitrogen and oxygen atoms in total. The standard InChI is InChI=1S/C14H25NO4/c1-5-19-14(17)7-9-15(8-6-10-18-4)13(16)11-12(2)3/h11H,5-10H2,1-4H3. The van der Waals surface area contributed by atoms with Crippen LogP contribution in [0.4, 0.5) is 0 Å². The maximum atomic E-state index is 12.0. The first-order valence-corrected chi connectivity index (χ1v) is 6.59. The van der Waals surface area contributed by atoms with E-state index < -0.39 is 0 Å². The van der Waals surface area contributed by atoms with Crippen molar-refractivity contribution in [2.45, 2.75) is 33.6 Å². The minimum Gasteiger partial charge on any atom is -0.466 e. The van der Waals surface area contributed by atoms with Crippen LogP contribution in [0.3, 0.4) is 0 Å². The third-order valence-electron chi connectivity index (χ3n) is 2.39. The van der Waals surface area contributed by atoms with Crippen LogP contribution in [0.5, 0.6) is 0 Å². The molecule has 0 aromatic heterocycles. The summed E-state index contributed by atoms with van der Waals surface area (Å²) in [6.07, 6.45) is 2.56. The maximum absolute atomic E-state index is 12.0. The number of nitrogens with zero attached hydrogens (tertiary/aromatic N) is 1. The highest BCUT2D eigenvalue weighted by molar-refractivity contribution is 5.88. The van der Waals surface area contributed by atoms with Crippen molar-refractivity contribution in [2.24, 2.45) is 0 Å². The second-order valence-corrected chi connectivity index (χ2v) is 4.45. The first-order chi connectivity index (χ1) is 9.01. The number of esters is 1. The Morgan fingerprint density at radius 3 is 2.42 bits per heavy atom. The normalized spacial score (nSPS) is 9.89. The SMILES string of the molecule is CCOC(=O)CCN(CCCOC)C(=O)C=C(C)C. The third-order valence-corrected chi connectivity index (χ3v) is 2.39. The van der Waals surface area contributed by atoms with Crippen LogP contribution in [0, 0.1) is 0 Å². The number of amides is 1. The molecule has 0 radical (unpaired) electrons. The molecule has 0 aliphatic rings. The lowest BCUT2D eigenvalue weighted by molar-refractivity contribution is -0.143. The fourth-order valence-electron chi connectivity index (χ4n) is 1.53. The summed E-state index contributed by atoms with van der Waals surface area (Å²) in [5.41, 5.74) is 0.942. The molecule has 1 amide bonds. The molecule has 110 valence electrons. The lowest BCUT2D eigenvalue weighted by Crippen LogP contribution is -2.33. The van der Waals surface area contributed by atoms with E-state index in [0.29, 0.717) is 26.3 Å². The Morgan fingerprint density at radius 2 is 1.89 bits per heavy atom. The van der Waals surface area contributed by atoms with Gasteiger partial charge in [0.2, 0.25) is 5.91 Å². The van der Waals surface area contributed by atoms with Crippen molar-refractivity contribution < 1.29 is 19.1 Å². The van der Waals surface area contributed by atoms with Crippen molar-refractivity contribution >= 4 is 11.9 Å². The first-order valence-electron chi connectivity index (χ1n) is 6.59. The smallest absolute Gasteiger partial charge is 0.307 e. The van der Waals surface area contributed by atoms with Gasteiger partial charge in [-0.1, -0.05) is 5.57 Å². The zero-order valence-electron chi connectivity index (χ0n) is 12.4. The van der Waals surface area contributed by atoms with Crippen LogP contribution in [0.2, 0.25) is 0 Å². The van der Waals surface area contributed by atoms with E-state index in [1.165, 1.54) is 0 Å². The molecule has 0 spiro atoms. The molecule has 0 rings (SSSR count). The molecule has 5 heteroatoms. The highest BCUT2D eigenvalue weighted by Crippen LogP contribution is 2.01. The highest BCUT2D eigenvalue weighted by atomic mass is 16.5. The van der Waals surface area contributed by atoms with Crippen LogP contribution in [0.1, 0.15) is 33.6 Å². The van der Waals surface area contributed by atoms with E-state index in [2.05, 4.69) is 0 Å². The number of allylic oxidation sites excluding steroid dienone is 1. The topological polar surface area (TPSA) is 55.8 Å². The summed E-state index contributed by atoms with van der Waals surface area (Å²) in [5, 5.41) is 0. The quantitative estimate of drug-likeness (QED) is 0.364. The maximum Gasteiger partial charge on any atom is 0.307 e. The Kier molecular flexibility index (Phi) is 9.80. The Hall–Kier alpha value is -1.36. The molecule has 0 aliphatic carbocycles. The summed E-state index contributed by atoms with van der Waals surface area (Å²) < 4.78 is 9.83. The molecular weight excluding hydrogens is 246 g/mol. The van der Waals surface area contributed by atoms with Crippen LogP contribution in [0.15, 0.2) is 11.6 Å². The molecule has 0 fully saturated rings. The van der Waals surface area contributed by atoms with Gasteiger partial charge in [-0.25, -0.2) is 0 Å². The number of ether oxygens (including phenoxy) is 2. The van der Waals surface area contributed by atoms with Crippen molar-refractivity contribution in [2.75, 3.05) is 33.4 Å². The predicted octanol–water partition coefficient (Wildman–Crippen LogP) is 1.77. The summed E-state index contributed by atoms with van der Waals surface area (Å²) >= 11 is 0. The third kappa shape index (κ3) is 9.25. The van der Waals surface area contributed by atoms with Gasteiger partial charge in [-0.15, -0.1) is 0 Å². The van der Waals surface area contributed by atoms with Crippen LogP contribution < -0.4 is 0 Å². The Morgan fingerprint density at radius 1 is 1.21 bits per heavy atom. The number of carbonyl (C=O) groups excluding carboxylic acids is 2. The summed E-state index contributed by atoms with van der Waals surface area (Å²) in [6, 6.07) is 0. The molecule has 0 bridgehead atoms. The Bertz CT molecular complexity index is 309. The Labute approximate surface area is 115 Å². The number of hydrogen-bond acceptors (Lipinski definition) is 4. The van der Waals surface area contributed by atoms with Crippen molar-refractivity contribution in [3.63, 3.8) is 0 Å². The van der Waals surface area contributed by atoms with E-state index in [4.69, 9.17) is 9.47 Å². The average Bonchev–Trinajstić information content (AvgIpc) is 2.32. The molecule has 0 atom stereocenters. The summed E-state index contributed by atoms with van der Waals surface area (Å²) in [4.78, 5) is 25.0. The minimum absolute atomic E-state index is 0.0691. The van der Waals surface area contributed by atoms with Crippen molar-refractivity contribution in [1.82, 2.24) is 4.90 Å². The lowest BCUT2D eigenvalue weighted by Gasteiger charge is -2.21. The first kappa shape index (κ1) is 17.6. The van der Waals surface area contributed by atoms with Gasteiger partial charge in [0.25, 0.3) is 0 Å². The van der Waals surface area contributed by atoms with Crippen LogP contribution in [0.25, 0.3) is 0 Å². The minimum atomic E-state index is -0.274. The van der Waals surface area contributed by atoms with Gasteiger partial charge in [-0.05, 0) is 27.2 Å². The van der Waals surface area contributed by atoms with E-state index in [9.17, 15) is 9.59 Å². The summed E-state index contributed by atoms with van der Waals surface area (Å²) in [5.74, 6) is -0.343. The number of carbonyl (C=O) groups is 2. The monoisotopic (exact) mass is 271 g/mol. The molecular formula is C14H25NO4. The van der Waals surface area contributed by atoms with Crippen LogP contribution in [-0.2, 0) is 19.1 Å². The van der Waals surface area contributed by atoms with E-state index >= 15 is 0 Å². The second kappa shape index (κ2) is 10.6. The van der Waals surface area contributed by atoms with Gasteiger partial charge in [-0.3, -0.25) is 9.59 Å². The fourth-order valence-corrected chi connectivity index (χ4v) is 1.53. The van der Waals surface area contributed by atoms with E-state index in [-0.39, 0.29) is 18.3 Å². The molecule has 0 aromatic carbocycles. The fraction of sp³-hybridized carbons (Fsp3) is 0.714. The van der Waals surface area contributed by atoms with Gasteiger partial charge in [-0.2, -0.15) is 0 Å². The number of rotatable bonds is 9. The van der Waals surface area contributed by atoms with Crippen LogP contribution >= 0.6 is 0 Å². The van der Waals surface area contributed by atoms with Gasteiger partial charge >= 0.3 is 5.97 Å². The molecule has 0 aliphatic heterocycles. The van der Waals surface area contributed by atoms with Gasteiger partial charge in [0.15, 0.2) is 0 Å². The molecule has 0 saturated heterocycles. The Balaban J connectivity index is 4.36. The average molecular weight is 271 g/mol. The number of methoxy groups -OCH3 is 1. The molecule has 19 heavy (non-hydrogen) atoms. The van der Waals surface area contributed by atoms with Crippen LogP contribution in [-0.4, -0.2) is 50.2 Å². The van der Waals surface area contributed by atoms with E-state index in [0.717, 1.165) is 12.0 Å². The molecule has 0 N–H and O–H groups in total.